The summed E-state index contributed by atoms with van der Waals surface area (Å²) in [6.45, 7) is 2.74. The summed E-state index contributed by atoms with van der Waals surface area (Å²) in [5, 5.41) is 10.1. The van der Waals surface area contributed by atoms with Crippen molar-refractivity contribution >= 4 is 0 Å². The van der Waals surface area contributed by atoms with Gasteiger partial charge in [0.25, 0.3) is 0 Å². The Kier molecular flexibility index (Phi) is 2.21. The average Bonchev–Trinajstić information content (AvgIpc) is 2.14. The van der Waals surface area contributed by atoms with Crippen molar-refractivity contribution in [3.05, 3.63) is 29.3 Å². The molecule has 1 aromatic rings. The smallest absolute Gasteiger partial charge is 0.136 e. The van der Waals surface area contributed by atoms with Crippen molar-refractivity contribution in [2.45, 2.75) is 12.5 Å². The maximum absolute atomic E-state index is 10.1. The van der Waals surface area contributed by atoms with Gasteiger partial charge in [-0.3, -0.25) is 0 Å². The lowest BCUT2D eigenvalue weighted by Gasteiger charge is -2.37. The van der Waals surface area contributed by atoms with Gasteiger partial charge in [0.2, 0.25) is 0 Å². The molecule has 3 nitrogen and oxygen atoms in total. The fraction of sp³-hybridized carbons (Fsp3) is 0.455. The quantitative estimate of drug-likeness (QED) is 0.769. The molecule has 1 saturated heterocycles. The lowest BCUT2D eigenvalue weighted by molar-refractivity contribution is -0.184. The number of methoxy groups -OCH3 is 1. The molecule has 0 atom stereocenters. The summed E-state index contributed by atoms with van der Waals surface area (Å²) >= 11 is 0. The molecule has 0 saturated carbocycles. The number of rotatable bonds is 2. The van der Waals surface area contributed by atoms with Crippen molar-refractivity contribution < 1.29 is 14.6 Å². The predicted octanol–water partition coefficient (Wildman–Crippen LogP) is 1.22. The van der Waals surface area contributed by atoms with E-state index in [0.717, 1.165) is 16.9 Å². The van der Waals surface area contributed by atoms with Gasteiger partial charge in [0.05, 0.1) is 20.3 Å². The second-order valence-corrected chi connectivity index (χ2v) is 3.71. The third-order valence-electron chi connectivity index (χ3n) is 2.62. The van der Waals surface area contributed by atoms with E-state index in [4.69, 9.17) is 9.47 Å². The van der Waals surface area contributed by atoms with E-state index in [1.54, 1.807) is 7.11 Å². The number of aliphatic hydroxyl groups is 1. The Bertz CT molecular complexity index is 342. The molecule has 76 valence electrons. The standard InChI is InChI=1S/C11H14O3/c1-8-5-9(13-2)3-4-10(8)11(12)6-14-7-11/h3-5,12H,6-7H2,1-2H3. The number of hydrogen-bond donors (Lipinski definition) is 1. The van der Waals surface area contributed by atoms with Gasteiger partial charge in [-0.25, -0.2) is 0 Å². The fourth-order valence-electron chi connectivity index (χ4n) is 1.74. The summed E-state index contributed by atoms with van der Waals surface area (Å²) in [4.78, 5) is 0. The molecule has 1 aliphatic heterocycles. The Labute approximate surface area is 83.3 Å². The van der Waals surface area contributed by atoms with Crippen molar-refractivity contribution in [2.75, 3.05) is 20.3 Å². The molecule has 1 aromatic carbocycles. The first-order chi connectivity index (χ1) is 6.65. The number of ether oxygens (including phenoxy) is 2. The van der Waals surface area contributed by atoms with Gasteiger partial charge in [-0.2, -0.15) is 0 Å². The zero-order valence-electron chi connectivity index (χ0n) is 8.41. The van der Waals surface area contributed by atoms with Gasteiger partial charge in [-0.1, -0.05) is 6.07 Å². The van der Waals surface area contributed by atoms with Crippen LogP contribution in [0.1, 0.15) is 11.1 Å². The summed E-state index contributed by atoms with van der Waals surface area (Å²) in [7, 11) is 1.63. The van der Waals surface area contributed by atoms with Crippen LogP contribution in [0.25, 0.3) is 0 Å². The molecule has 1 N–H and O–H groups in total. The van der Waals surface area contributed by atoms with Gasteiger partial charge < -0.3 is 14.6 Å². The van der Waals surface area contributed by atoms with Gasteiger partial charge in [0.1, 0.15) is 11.4 Å². The minimum absolute atomic E-state index is 0.389. The second-order valence-electron chi connectivity index (χ2n) is 3.71. The minimum atomic E-state index is -0.781. The van der Waals surface area contributed by atoms with Crippen LogP contribution in [0.5, 0.6) is 5.75 Å². The van der Waals surface area contributed by atoms with E-state index in [2.05, 4.69) is 0 Å². The topological polar surface area (TPSA) is 38.7 Å². The maximum Gasteiger partial charge on any atom is 0.136 e. The third-order valence-corrected chi connectivity index (χ3v) is 2.62. The highest BCUT2D eigenvalue weighted by Crippen LogP contribution is 2.32. The number of benzene rings is 1. The molecule has 0 aliphatic carbocycles. The van der Waals surface area contributed by atoms with Crippen LogP contribution in [0, 0.1) is 6.92 Å². The van der Waals surface area contributed by atoms with Crippen LogP contribution in [0.4, 0.5) is 0 Å². The van der Waals surface area contributed by atoms with E-state index in [9.17, 15) is 5.11 Å². The summed E-state index contributed by atoms with van der Waals surface area (Å²) in [5.41, 5.74) is 1.19. The van der Waals surface area contributed by atoms with Crippen LogP contribution >= 0.6 is 0 Å². The van der Waals surface area contributed by atoms with Gasteiger partial charge in [0, 0.05) is 0 Å². The van der Waals surface area contributed by atoms with Gasteiger partial charge in [-0.05, 0) is 30.2 Å². The zero-order valence-corrected chi connectivity index (χ0v) is 8.41. The zero-order chi connectivity index (χ0) is 10.2. The number of aryl methyl sites for hydroxylation is 1. The van der Waals surface area contributed by atoms with Gasteiger partial charge in [0.15, 0.2) is 0 Å². The van der Waals surface area contributed by atoms with E-state index >= 15 is 0 Å². The highest BCUT2D eigenvalue weighted by Gasteiger charge is 2.38. The molecule has 0 unspecified atom stereocenters. The maximum atomic E-state index is 10.1. The van der Waals surface area contributed by atoms with Crippen LogP contribution in [0.3, 0.4) is 0 Å². The largest absolute Gasteiger partial charge is 0.497 e. The molecule has 2 rings (SSSR count). The van der Waals surface area contributed by atoms with Crippen LogP contribution in [0.15, 0.2) is 18.2 Å². The molecule has 0 spiro atoms. The average molecular weight is 194 g/mol. The van der Waals surface area contributed by atoms with E-state index < -0.39 is 5.60 Å². The molecule has 3 heteroatoms. The molecule has 0 bridgehead atoms. The monoisotopic (exact) mass is 194 g/mol. The minimum Gasteiger partial charge on any atom is -0.497 e. The molecular weight excluding hydrogens is 180 g/mol. The molecule has 1 aliphatic rings. The Morgan fingerprint density at radius 2 is 2.14 bits per heavy atom. The molecular formula is C11H14O3. The second kappa shape index (κ2) is 3.26. The third kappa shape index (κ3) is 1.38. The van der Waals surface area contributed by atoms with Crippen molar-refractivity contribution in [3.8, 4) is 5.75 Å². The van der Waals surface area contributed by atoms with Crippen molar-refractivity contribution in [2.24, 2.45) is 0 Å². The summed E-state index contributed by atoms with van der Waals surface area (Å²) < 4.78 is 10.1. The molecule has 0 amide bonds. The van der Waals surface area contributed by atoms with Gasteiger partial charge in [-0.15, -0.1) is 0 Å². The summed E-state index contributed by atoms with van der Waals surface area (Å²) in [6, 6.07) is 5.68. The molecule has 1 heterocycles. The summed E-state index contributed by atoms with van der Waals surface area (Å²) in [5.74, 6) is 0.815. The Morgan fingerprint density at radius 1 is 1.43 bits per heavy atom. The van der Waals surface area contributed by atoms with Crippen molar-refractivity contribution in [1.82, 2.24) is 0 Å². The highest BCUT2D eigenvalue weighted by molar-refractivity contribution is 5.39. The molecule has 1 fully saturated rings. The Hall–Kier alpha value is -1.06. The Balaban J connectivity index is 2.35. The van der Waals surface area contributed by atoms with E-state index in [0.29, 0.717) is 13.2 Å². The van der Waals surface area contributed by atoms with E-state index in [1.807, 2.05) is 25.1 Å². The molecule has 0 radical (unpaired) electrons. The summed E-state index contributed by atoms with van der Waals surface area (Å²) in [6.07, 6.45) is 0. The highest BCUT2D eigenvalue weighted by atomic mass is 16.5. The molecule has 0 aromatic heterocycles. The first-order valence-corrected chi connectivity index (χ1v) is 4.61. The molecule has 14 heavy (non-hydrogen) atoms. The normalized spacial score (nSPS) is 18.8. The first-order valence-electron chi connectivity index (χ1n) is 4.61. The van der Waals surface area contributed by atoms with Crippen LogP contribution in [-0.2, 0) is 10.3 Å². The Morgan fingerprint density at radius 3 is 2.57 bits per heavy atom. The fourth-order valence-corrected chi connectivity index (χ4v) is 1.74. The van der Waals surface area contributed by atoms with Gasteiger partial charge >= 0.3 is 0 Å². The lowest BCUT2D eigenvalue weighted by atomic mass is 9.88. The van der Waals surface area contributed by atoms with Crippen LogP contribution in [0.2, 0.25) is 0 Å². The van der Waals surface area contributed by atoms with E-state index in [-0.39, 0.29) is 0 Å². The number of hydrogen-bond acceptors (Lipinski definition) is 3. The van der Waals surface area contributed by atoms with Crippen LogP contribution < -0.4 is 4.74 Å². The first kappa shape index (κ1) is 9.49. The van der Waals surface area contributed by atoms with Crippen molar-refractivity contribution in [1.29, 1.82) is 0 Å². The lowest BCUT2D eigenvalue weighted by Crippen LogP contribution is -2.46. The predicted molar refractivity (Wildman–Crippen MR) is 52.4 cm³/mol. The van der Waals surface area contributed by atoms with Crippen molar-refractivity contribution in [3.63, 3.8) is 0 Å². The van der Waals surface area contributed by atoms with Crippen LogP contribution in [-0.4, -0.2) is 25.4 Å². The SMILES string of the molecule is COc1ccc(C2(O)COC2)c(C)c1. The van der Waals surface area contributed by atoms with E-state index in [1.165, 1.54) is 0 Å².